The SMILES string of the molecule is CNC(=O)c1ccc(/C=C/C(=O)NC(C)(C)CO)cc1. The van der Waals surface area contributed by atoms with Gasteiger partial charge in [0.1, 0.15) is 0 Å². The zero-order chi connectivity index (χ0) is 15.2. The molecule has 5 nitrogen and oxygen atoms in total. The Balaban J connectivity index is 2.67. The van der Waals surface area contributed by atoms with Gasteiger partial charge in [0.2, 0.25) is 5.91 Å². The van der Waals surface area contributed by atoms with Gasteiger partial charge in [-0.05, 0) is 37.6 Å². The van der Waals surface area contributed by atoms with E-state index in [1.807, 2.05) is 0 Å². The van der Waals surface area contributed by atoms with Gasteiger partial charge in [-0.3, -0.25) is 9.59 Å². The van der Waals surface area contributed by atoms with E-state index in [0.717, 1.165) is 5.56 Å². The molecule has 1 rings (SSSR count). The Morgan fingerprint density at radius 1 is 1.25 bits per heavy atom. The van der Waals surface area contributed by atoms with Crippen LogP contribution >= 0.6 is 0 Å². The van der Waals surface area contributed by atoms with E-state index in [1.165, 1.54) is 6.08 Å². The Kier molecular flexibility index (Phi) is 5.46. The van der Waals surface area contributed by atoms with Gasteiger partial charge < -0.3 is 15.7 Å². The molecule has 0 atom stereocenters. The highest BCUT2D eigenvalue weighted by Gasteiger charge is 2.17. The van der Waals surface area contributed by atoms with Crippen molar-refractivity contribution < 1.29 is 14.7 Å². The molecule has 0 bridgehead atoms. The summed E-state index contributed by atoms with van der Waals surface area (Å²) in [5, 5.41) is 14.3. The molecule has 108 valence electrons. The number of hydrogen-bond acceptors (Lipinski definition) is 3. The van der Waals surface area contributed by atoms with Crippen molar-refractivity contribution >= 4 is 17.9 Å². The second-order valence-electron chi connectivity index (χ2n) is 5.07. The van der Waals surface area contributed by atoms with Crippen LogP contribution in [-0.2, 0) is 4.79 Å². The number of aliphatic hydroxyl groups is 1. The van der Waals surface area contributed by atoms with Crippen molar-refractivity contribution in [1.29, 1.82) is 0 Å². The Morgan fingerprint density at radius 3 is 2.35 bits per heavy atom. The first kappa shape index (κ1) is 15.9. The standard InChI is InChI=1S/C15H20N2O3/c1-15(2,10-18)17-13(19)9-6-11-4-7-12(8-5-11)14(20)16-3/h4-9,18H,10H2,1-3H3,(H,16,20)(H,17,19)/b9-6+. The minimum absolute atomic E-state index is 0.132. The molecule has 1 aromatic rings. The predicted octanol–water partition coefficient (Wildman–Crippen LogP) is 0.946. The first-order chi connectivity index (χ1) is 9.38. The summed E-state index contributed by atoms with van der Waals surface area (Å²) in [6.45, 7) is 3.33. The van der Waals surface area contributed by atoms with E-state index in [2.05, 4.69) is 10.6 Å². The van der Waals surface area contributed by atoms with Crippen LogP contribution in [-0.4, -0.2) is 36.1 Å². The lowest BCUT2D eigenvalue weighted by Gasteiger charge is -2.22. The van der Waals surface area contributed by atoms with Crippen LogP contribution in [0.3, 0.4) is 0 Å². The van der Waals surface area contributed by atoms with E-state index in [0.29, 0.717) is 5.56 Å². The van der Waals surface area contributed by atoms with Gasteiger partial charge in [-0.2, -0.15) is 0 Å². The molecule has 0 aliphatic carbocycles. The van der Waals surface area contributed by atoms with Gasteiger partial charge in [-0.1, -0.05) is 12.1 Å². The van der Waals surface area contributed by atoms with Gasteiger partial charge in [-0.25, -0.2) is 0 Å². The maximum Gasteiger partial charge on any atom is 0.251 e. The van der Waals surface area contributed by atoms with E-state index in [1.54, 1.807) is 51.2 Å². The summed E-state index contributed by atoms with van der Waals surface area (Å²) in [7, 11) is 1.57. The van der Waals surface area contributed by atoms with Crippen LogP contribution < -0.4 is 10.6 Å². The fourth-order valence-corrected chi connectivity index (χ4v) is 1.48. The number of carbonyl (C=O) groups excluding carboxylic acids is 2. The zero-order valence-electron chi connectivity index (χ0n) is 11.9. The highest BCUT2D eigenvalue weighted by Crippen LogP contribution is 2.06. The summed E-state index contributed by atoms with van der Waals surface area (Å²) in [6, 6.07) is 6.89. The Hall–Kier alpha value is -2.14. The van der Waals surface area contributed by atoms with Crippen LogP contribution in [0.2, 0.25) is 0 Å². The van der Waals surface area contributed by atoms with Crippen molar-refractivity contribution in [2.45, 2.75) is 19.4 Å². The molecule has 3 N–H and O–H groups in total. The Labute approximate surface area is 118 Å². The van der Waals surface area contributed by atoms with Gasteiger partial charge in [0.25, 0.3) is 5.91 Å². The molecule has 0 saturated heterocycles. The molecule has 0 unspecified atom stereocenters. The monoisotopic (exact) mass is 276 g/mol. The van der Waals surface area contributed by atoms with Crippen LogP contribution in [0.5, 0.6) is 0 Å². The highest BCUT2D eigenvalue weighted by atomic mass is 16.3. The number of nitrogens with one attached hydrogen (secondary N) is 2. The number of carbonyl (C=O) groups is 2. The lowest BCUT2D eigenvalue weighted by Crippen LogP contribution is -2.45. The van der Waals surface area contributed by atoms with Crippen LogP contribution in [0.4, 0.5) is 0 Å². The molecular weight excluding hydrogens is 256 g/mol. The molecular formula is C15H20N2O3. The van der Waals surface area contributed by atoms with E-state index in [-0.39, 0.29) is 18.4 Å². The number of benzene rings is 1. The largest absolute Gasteiger partial charge is 0.394 e. The smallest absolute Gasteiger partial charge is 0.251 e. The molecule has 0 spiro atoms. The van der Waals surface area contributed by atoms with Crippen molar-refractivity contribution in [3.8, 4) is 0 Å². The van der Waals surface area contributed by atoms with Gasteiger partial charge in [-0.15, -0.1) is 0 Å². The molecule has 0 radical (unpaired) electrons. The topological polar surface area (TPSA) is 78.4 Å². The lowest BCUT2D eigenvalue weighted by atomic mass is 10.1. The van der Waals surface area contributed by atoms with Crippen LogP contribution in [0, 0.1) is 0 Å². The maximum atomic E-state index is 11.6. The molecule has 20 heavy (non-hydrogen) atoms. The number of rotatable bonds is 5. The zero-order valence-corrected chi connectivity index (χ0v) is 11.9. The Morgan fingerprint density at radius 2 is 1.85 bits per heavy atom. The fraction of sp³-hybridized carbons (Fsp3) is 0.333. The van der Waals surface area contributed by atoms with Gasteiger partial charge in [0, 0.05) is 18.7 Å². The van der Waals surface area contributed by atoms with Crippen molar-refractivity contribution in [2.75, 3.05) is 13.7 Å². The average Bonchev–Trinajstić information content (AvgIpc) is 2.44. The lowest BCUT2D eigenvalue weighted by molar-refractivity contribution is -0.118. The Bertz CT molecular complexity index is 504. The van der Waals surface area contributed by atoms with Crippen molar-refractivity contribution in [3.63, 3.8) is 0 Å². The molecule has 0 aromatic heterocycles. The minimum Gasteiger partial charge on any atom is -0.394 e. The predicted molar refractivity (Wildman–Crippen MR) is 78.2 cm³/mol. The molecule has 0 aliphatic heterocycles. The third-order valence-electron chi connectivity index (χ3n) is 2.68. The first-order valence-electron chi connectivity index (χ1n) is 6.31. The van der Waals surface area contributed by atoms with Crippen LogP contribution in [0.25, 0.3) is 6.08 Å². The quantitative estimate of drug-likeness (QED) is 0.701. The summed E-state index contributed by atoms with van der Waals surface area (Å²) in [6.07, 6.45) is 3.04. The molecule has 1 aromatic carbocycles. The van der Waals surface area contributed by atoms with E-state index >= 15 is 0 Å². The van der Waals surface area contributed by atoms with Crippen molar-refractivity contribution in [3.05, 3.63) is 41.5 Å². The second kappa shape index (κ2) is 6.86. The first-order valence-corrected chi connectivity index (χ1v) is 6.31. The van der Waals surface area contributed by atoms with Crippen molar-refractivity contribution in [1.82, 2.24) is 10.6 Å². The molecule has 0 saturated carbocycles. The second-order valence-corrected chi connectivity index (χ2v) is 5.07. The van der Waals surface area contributed by atoms with E-state index < -0.39 is 5.54 Å². The molecule has 2 amide bonds. The maximum absolute atomic E-state index is 11.6. The van der Waals surface area contributed by atoms with E-state index in [4.69, 9.17) is 5.11 Å². The van der Waals surface area contributed by atoms with Gasteiger partial charge >= 0.3 is 0 Å². The molecule has 0 heterocycles. The normalized spacial score (nSPS) is 11.4. The van der Waals surface area contributed by atoms with Gasteiger partial charge in [0.15, 0.2) is 0 Å². The minimum atomic E-state index is -0.648. The third kappa shape index (κ3) is 4.85. The summed E-state index contributed by atoms with van der Waals surface area (Å²) in [5.74, 6) is -0.428. The fourth-order valence-electron chi connectivity index (χ4n) is 1.48. The molecule has 0 fully saturated rings. The van der Waals surface area contributed by atoms with Crippen LogP contribution in [0.1, 0.15) is 29.8 Å². The number of amides is 2. The van der Waals surface area contributed by atoms with E-state index in [9.17, 15) is 9.59 Å². The molecule has 5 heteroatoms. The molecule has 0 aliphatic rings. The highest BCUT2D eigenvalue weighted by molar-refractivity contribution is 5.95. The summed E-state index contributed by atoms with van der Waals surface area (Å²) in [4.78, 5) is 23.0. The average molecular weight is 276 g/mol. The van der Waals surface area contributed by atoms with Crippen LogP contribution in [0.15, 0.2) is 30.3 Å². The number of hydrogen-bond donors (Lipinski definition) is 3. The van der Waals surface area contributed by atoms with Crippen molar-refractivity contribution in [2.24, 2.45) is 0 Å². The van der Waals surface area contributed by atoms with Gasteiger partial charge in [0.05, 0.1) is 12.1 Å². The number of aliphatic hydroxyl groups excluding tert-OH is 1. The summed E-state index contributed by atoms with van der Waals surface area (Å²) in [5.41, 5.74) is 0.731. The summed E-state index contributed by atoms with van der Waals surface area (Å²) >= 11 is 0. The third-order valence-corrected chi connectivity index (χ3v) is 2.68. The summed E-state index contributed by atoms with van der Waals surface area (Å²) < 4.78 is 0.